The highest BCUT2D eigenvalue weighted by atomic mass is 19.1. The monoisotopic (exact) mass is 458 g/mol. The van der Waals surface area contributed by atoms with Gasteiger partial charge in [-0.3, -0.25) is 0 Å². The predicted octanol–water partition coefficient (Wildman–Crippen LogP) is 7.68. The fraction of sp³-hybridized carbons (Fsp3) is 0.643. The van der Waals surface area contributed by atoms with Crippen molar-refractivity contribution in [2.75, 3.05) is 6.61 Å². The maximum absolute atomic E-state index is 14.9. The van der Waals surface area contributed by atoms with E-state index in [1.54, 1.807) is 30.6 Å². The number of halogens is 1. The summed E-state index contributed by atoms with van der Waals surface area (Å²) in [5, 5.41) is 9.39. The molecular formula is C28H43FN2O2. The van der Waals surface area contributed by atoms with Crippen molar-refractivity contribution in [1.82, 2.24) is 9.97 Å². The molecule has 0 amide bonds. The molecule has 1 unspecified atom stereocenters. The standard InChI is InChI=1S/C28H43FN2O2/c1-3-4-5-6-7-8-11-14-20-33-27-22-25(28-30-18-15-19-31-28)26(29)21-24(27)17-13-10-9-12-16-23(2)32/h15,18-19,21-23,32H,3-14,16-17,20H2,1-2H3. The summed E-state index contributed by atoms with van der Waals surface area (Å²) in [7, 11) is 0. The highest BCUT2D eigenvalue weighted by Crippen LogP contribution is 2.30. The molecule has 2 rings (SSSR count). The molecule has 1 aromatic heterocycles. The Balaban J connectivity index is 1.91. The summed E-state index contributed by atoms with van der Waals surface area (Å²) >= 11 is 0. The van der Waals surface area contributed by atoms with Gasteiger partial charge in [0.1, 0.15) is 11.6 Å². The van der Waals surface area contributed by atoms with Crippen LogP contribution >= 0.6 is 0 Å². The summed E-state index contributed by atoms with van der Waals surface area (Å²) in [5.41, 5.74) is 1.31. The molecule has 5 heteroatoms. The van der Waals surface area contributed by atoms with Gasteiger partial charge < -0.3 is 9.84 Å². The van der Waals surface area contributed by atoms with E-state index in [-0.39, 0.29) is 11.9 Å². The van der Waals surface area contributed by atoms with E-state index >= 15 is 0 Å². The fourth-order valence-electron chi connectivity index (χ4n) is 4.06. The first-order chi connectivity index (χ1) is 16.1. The Bertz CT molecular complexity index is 768. The minimum absolute atomic E-state index is 0.233. The van der Waals surface area contributed by atoms with Crippen LogP contribution in [0.15, 0.2) is 30.6 Å². The molecule has 0 spiro atoms. The van der Waals surface area contributed by atoms with Gasteiger partial charge in [0, 0.05) is 12.4 Å². The number of aliphatic hydroxyl groups is 1. The first-order valence-corrected chi connectivity index (χ1v) is 13.0. The van der Waals surface area contributed by atoms with Crippen molar-refractivity contribution in [1.29, 1.82) is 0 Å². The largest absolute Gasteiger partial charge is 0.493 e. The topological polar surface area (TPSA) is 55.2 Å². The molecule has 1 N–H and O–H groups in total. The second-order valence-electron chi connectivity index (χ2n) is 9.14. The summed E-state index contributed by atoms with van der Waals surface area (Å²) < 4.78 is 21.0. The number of unbranched alkanes of at least 4 members (excludes halogenated alkanes) is 10. The molecule has 0 aliphatic heterocycles. The van der Waals surface area contributed by atoms with Gasteiger partial charge in [-0.25, -0.2) is 14.4 Å². The molecule has 0 saturated carbocycles. The summed E-state index contributed by atoms with van der Waals surface area (Å²) in [5.74, 6) is 0.840. The highest BCUT2D eigenvalue weighted by Gasteiger charge is 2.14. The molecule has 0 bridgehead atoms. The molecule has 1 aromatic carbocycles. The summed E-state index contributed by atoms with van der Waals surface area (Å²) in [6.45, 7) is 4.72. The summed E-state index contributed by atoms with van der Waals surface area (Å²) in [4.78, 5) is 8.43. The lowest BCUT2D eigenvalue weighted by atomic mass is 10.0. The average molecular weight is 459 g/mol. The van der Waals surface area contributed by atoms with Crippen LogP contribution in [0.4, 0.5) is 4.39 Å². The lowest BCUT2D eigenvalue weighted by Crippen LogP contribution is -2.03. The Morgan fingerprint density at radius 3 is 2.21 bits per heavy atom. The van der Waals surface area contributed by atoms with Gasteiger partial charge in [0.2, 0.25) is 0 Å². The number of aliphatic hydroxyl groups excluding tert-OH is 1. The second kappa shape index (κ2) is 16.6. The van der Waals surface area contributed by atoms with Crippen LogP contribution < -0.4 is 4.74 Å². The molecule has 33 heavy (non-hydrogen) atoms. The van der Waals surface area contributed by atoms with E-state index < -0.39 is 0 Å². The molecule has 1 heterocycles. The van der Waals surface area contributed by atoms with Gasteiger partial charge in [0.25, 0.3) is 0 Å². The second-order valence-corrected chi connectivity index (χ2v) is 9.14. The van der Waals surface area contributed by atoms with Crippen molar-refractivity contribution in [3.8, 4) is 17.1 Å². The van der Waals surface area contributed by atoms with Crippen LogP contribution in [-0.4, -0.2) is 27.8 Å². The van der Waals surface area contributed by atoms with Crippen LogP contribution in [0.1, 0.15) is 103 Å². The normalized spacial score (nSPS) is 12.1. The first-order valence-electron chi connectivity index (χ1n) is 13.0. The zero-order valence-corrected chi connectivity index (χ0v) is 20.7. The van der Waals surface area contributed by atoms with Gasteiger partial charge in [-0.2, -0.15) is 0 Å². The Morgan fingerprint density at radius 2 is 1.52 bits per heavy atom. The van der Waals surface area contributed by atoms with Crippen LogP contribution in [0.2, 0.25) is 0 Å². The molecule has 0 radical (unpaired) electrons. The average Bonchev–Trinajstić information content (AvgIpc) is 2.81. The highest BCUT2D eigenvalue weighted by molar-refractivity contribution is 5.60. The quantitative estimate of drug-likeness (QED) is 0.233. The third kappa shape index (κ3) is 11.1. The SMILES string of the molecule is CCCCCCCCCCOc1cc(-c2ncccn2)c(F)cc1CCCCCCC(C)O. The third-order valence-electron chi connectivity index (χ3n) is 6.03. The van der Waals surface area contributed by atoms with Crippen molar-refractivity contribution < 1.29 is 14.2 Å². The Labute approximate surface area is 200 Å². The zero-order chi connectivity index (χ0) is 23.7. The van der Waals surface area contributed by atoms with Gasteiger partial charge in [-0.05, 0) is 56.4 Å². The van der Waals surface area contributed by atoms with E-state index in [0.29, 0.717) is 18.0 Å². The zero-order valence-electron chi connectivity index (χ0n) is 20.7. The fourth-order valence-corrected chi connectivity index (χ4v) is 4.06. The Hall–Kier alpha value is -2.01. The Kier molecular flexibility index (Phi) is 13.7. The minimum Gasteiger partial charge on any atom is -0.493 e. The van der Waals surface area contributed by atoms with Crippen molar-refractivity contribution >= 4 is 0 Å². The predicted molar refractivity (Wildman–Crippen MR) is 134 cm³/mol. The Morgan fingerprint density at radius 1 is 0.879 bits per heavy atom. The van der Waals surface area contributed by atoms with Crippen LogP contribution in [0.3, 0.4) is 0 Å². The molecule has 4 nitrogen and oxygen atoms in total. The van der Waals surface area contributed by atoms with Gasteiger partial charge in [0.15, 0.2) is 5.82 Å². The molecular weight excluding hydrogens is 415 g/mol. The maximum Gasteiger partial charge on any atom is 0.162 e. The van der Waals surface area contributed by atoms with E-state index in [9.17, 15) is 9.50 Å². The van der Waals surface area contributed by atoms with Crippen LogP contribution in [-0.2, 0) is 6.42 Å². The molecule has 0 fully saturated rings. The summed E-state index contributed by atoms with van der Waals surface area (Å²) in [6.07, 6.45) is 18.8. The van der Waals surface area contributed by atoms with Gasteiger partial charge in [-0.1, -0.05) is 71.1 Å². The van der Waals surface area contributed by atoms with Gasteiger partial charge in [0.05, 0.1) is 18.3 Å². The number of hydrogen-bond acceptors (Lipinski definition) is 4. The summed E-state index contributed by atoms with van der Waals surface area (Å²) in [6, 6.07) is 5.11. The number of nitrogens with zero attached hydrogens (tertiary/aromatic N) is 2. The van der Waals surface area contributed by atoms with E-state index in [2.05, 4.69) is 16.9 Å². The van der Waals surface area contributed by atoms with Crippen LogP contribution in [0, 0.1) is 5.82 Å². The van der Waals surface area contributed by atoms with Crippen molar-refractivity contribution in [3.05, 3.63) is 42.0 Å². The van der Waals surface area contributed by atoms with Crippen molar-refractivity contribution in [3.63, 3.8) is 0 Å². The minimum atomic E-state index is -0.301. The first kappa shape index (κ1) is 27.2. The molecule has 0 aliphatic carbocycles. The van der Waals surface area contributed by atoms with E-state index in [0.717, 1.165) is 56.3 Å². The number of ether oxygens (including phenoxy) is 1. The number of aryl methyl sites for hydroxylation is 1. The molecule has 0 saturated heterocycles. The lowest BCUT2D eigenvalue weighted by Gasteiger charge is -2.14. The van der Waals surface area contributed by atoms with Crippen molar-refractivity contribution in [2.45, 2.75) is 110 Å². The molecule has 0 aliphatic rings. The molecule has 2 aromatic rings. The number of aromatic nitrogens is 2. The number of rotatable bonds is 18. The third-order valence-corrected chi connectivity index (χ3v) is 6.03. The van der Waals surface area contributed by atoms with Gasteiger partial charge >= 0.3 is 0 Å². The van der Waals surface area contributed by atoms with E-state index in [4.69, 9.17) is 4.74 Å². The van der Waals surface area contributed by atoms with E-state index in [1.165, 1.54) is 44.9 Å². The lowest BCUT2D eigenvalue weighted by molar-refractivity contribution is 0.180. The molecule has 1 atom stereocenters. The molecule has 184 valence electrons. The van der Waals surface area contributed by atoms with Crippen molar-refractivity contribution in [2.24, 2.45) is 0 Å². The number of benzene rings is 1. The number of hydrogen-bond donors (Lipinski definition) is 1. The smallest absolute Gasteiger partial charge is 0.162 e. The van der Waals surface area contributed by atoms with Gasteiger partial charge in [-0.15, -0.1) is 0 Å². The van der Waals surface area contributed by atoms with E-state index in [1.807, 2.05) is 6.92 Å². The van der Waals surface area contributed by atoms with Crippen LogP contribution in [0.5, 0.6) is 5.75 Å². The maximum atomic E-state index is 14.9. The van der Waals surface area contributed by atoms with Crippen LogP contribution in [0.25, 0.3) is 11.4 Å².